The predicted octanol–water partition coefficient (Wildman–Crippen LogP) is 5.02. The fourth-order valence-electron chi connectivity index (χ4n) is 2.85. The van der Waals surface area contributed by atoms with E-state index in [0.29, 0.717) is 16.8 Å². The third kappa shape index (κ3) is 4.49. The minimum absolute atomic E-state index is 0.0175. The van der Waals surface area contributed by atoms with Crippen LogP contribution in [-0.4, -0.2) is 13.9 Å². The first kappa shape index (κ1) is 19.0. The van der Waals surface area contributed by atoms with Crippen molar-refractivity contribution in [3.8, 4) is 0 Å². The molecule has 0 atom stereocenters. The van der Waals surface area contributed by atoms with Gasteiger partial charge in [-0.3, -0.25) is 9.36 Å². The Morgan fingerprint density at radius 1 is 1.26 bits per heavy atom. The number of nitrogens with zero attached hydrogens (tertiary/aromatic N) is 3. The van der Waals surface area contributed by atoms with Gasteiger partial charge in [0.05, 0.1) is 6.33 Å². The molecule has 0 N–H and O–H groups in total. The highest BCUT2D eigenvalue weighted by Gasteiger charge is 2.14. The monoisotopic (exact) mass is 377 g/mol. The minimum atomic E-state index is -0.0175. The van der Waals surface area contributed by atoms with E-state index in [1.807, 2.05) is 50.3 Å². The summed E-state index contributed by atoms with van der Waals surface area (Å²) in [4.78, 5) is 17.3. The summed E-state index contributed by atoms with van der Waals surface area (Å²) in [6.07, 6.45) is 9.34. The van der Waals surface area contributed by atoms with Gasteiger partial charge in [0.25, 0.3) is 5.56 Å². The minimum Gasteiger partial charge on any atom is -0.298 e. The van der Waals surface area contributed by atoms with Crippen LogP contribution in [0, 0.1) is 0 Å². The molecule has 138 valence electrons. The van der Waals surface area contributed by atoms with Gasteiger partial charge < -0.3 is 0 Å². The molecular weight excluding hydrogens is 354 g/mol. The second-order valence-corrected chi connectivity index (χ2v) is 7.24. The Morgan fingerprint density at radius 3 is 2.74 bits per heavy atom. The Labute approximate surface area is 163 Å². The average molecular weight is 378 g/mol. The number of allylic oxidation sites excluding steroid dienone is 5. The summed E-state index contributed by atoms with van der Waals surface area (Å²) in [5, 5.41) is 0. The Balaban J connectivity index is 1.82. The van der Waals surface area contributed by atoms with Crippen LogP contribution in [0.25, 0.3) is 15.8 Å². The van der Waals surface area contributed by atoms with Gasteiger partial charge in [0.15, 0.2) is 0 Å². The first-order valence-electron chi connectivity index (χ1n) is 8.99. The summed E-state index contributed by atoms with van der Waals surface area (Å²) in [7, 11) is 0. The number of hydrogen-bond donors (Lipinski definition) is 0. The lowest BCUT2D eigenvalue weighted by Gasteiger charge is -2.05. The van der Waals surface area contributed by atoms with Crippen LogP contribution >= 0.6 is 11.5 Å². The summed E-state index contributed by atoms with van der Waals surface area (Å²) < 4.78 is 6.78. The lowest BCUT2D eigenvalue weighted by atomic mass is 10.1. The van der Waals surface area contributed by atoms with Crippen molar-refractivity contribution in [1.82, 2.24) is 13.9 Å². The fraction of sp³-hybridized carbons (Fsp3) is 0.227. The maximum atomic E-state index is 12.8. The van der Waals surface area contributed by atoms with Crippen molar-refractivity contribution < 1.29 is 0 Å². The lowest BCUT2D eigenvalue weighted by Crippen LogP contribution is -2.20. The maximum absolute atomic E-state index is 12.8. The van der Waals surface area contributed by atoms with Gasteiger partial charge >= 0.3 is 0 Å². The smallest absolute Gasteiger partial charge is 0.272 e. The van der Waals surface area contributed by atoms with Crippen molar-refractivity contribution in [2.24, 2.45) is 0 Å². The van der Waals surface area contributed by atoms with E-state index in [0.717, 1.165) is 29.7 Å². The molecule has 3 aromatic rings. The highest BCUT2D eigenvalue weighted by atomic mass is 32.1. The van der Waals surface area contributed by atoms with E-state index >= 15 is 0 Å². The fourth-order valence-corrected chi connectivity index (χ4v) is 3.65. The largest absolute Gasteiger partial charge is 0.298 e. The first-order valence-corrected chi connectivity index (χ1v) is 9.76. The summed E-state index contributed by atoms with van der Waals surface area (Å²) in [5.41, 5.74) is 4.59. The van der Waals surface area contributed by atoms with Crippen LogP contribution in [-0.2, 0) is 13.0 Å². The van der Waals surface area contributed by atoms with Gasteiger partial charge in [-0.1, -0.05) is 60.7 Å². The molecule has 0 fully saturated rings. The highest BCUT2D eigenvalue weighted by molar-refractivity contribution is 7.13. The molecule has 5 heteroatoms. The number of rotatable bonds is 7. The molecular formula is C22H23N3OS. The summed E-state index contributed by atoms with van der Waals surface area (Å²) in [6.45, 7) is 8.42. The van der Waals surface area contributed by atoms with Crippen molar-refractivity contribution in [3.05, 3.63) is 88.7 Å². The Hall–Kier alpha value is -2.79. The van der Waals surface area contributed by atoms with E-state index in [4.69, 9.17) is 0 Å². The third-order valence-corrected chi connectivity index (χ3v) is 5.11. The molecule has 0 saturated carbocycles. The number of benzene rings is 1. The van der Waals surface area contributed by atoms with E-state index < -0.39 is 0 Å². The van der Waals surface area contributed by atoms with Crippen LogP contribution in [0.4, 0.5) is 0 Å². The normalized spacial score (nSPS) is 12.1. The predicted molar refractivity (Wildman–Crippen MR) is 114 cm³/mol. The molecule has 0 bridgehead atoms. The quantitative estimate of drug-likeness (QED) is 0.543. The van der Waals surface area contributed by atoms with Crippen LogP contribution in [0.5, 0.6) is 0 Å². The van der Waals surface area contributed by atoms with Gasteiger partial charge in [-0.05, 0) is 49.4 Å². The van der Waals surface area contributed by atoms with Gasteiger partial charge in [-0.2, -0.15) is 4.37 Å². The first-order chi connectivity index (χ1) is 13.1. The lowest BCUT2D eigenvalue weighted by molar-refractivity contribution is 0.618. The van der Waals surface area contributed by atoms with Crippen LogP contribution in [0.15, 0.2) is 71.8 Å². The van der Waals surface area contributed by atoms with Crippen LogP contribution in [0.3, 0.4) is 0 Å². The molecule has 0 saturated heterocycles. The van der Waals surface area contributed by atoms with E-state index in [2.05, 4.69) is 28.1 Å². The molecule has 0 radical (unpaired) electrons. The summed E-state index contributed by atoms with van der Waals surface area (Å²) >= 11 is 1.22. The number of aromatic nitrogens is 3. The molecule has 2 heterocycles. The molecule has 1 aromatic carbocycles. The van der Waals surface area contributed by atoms with Crippen molar-refractivity contribution >= 4 is 27.3 Å². The molecule has 3 rings (SSSR count). The summed E-state index contributed by atoms with van der Waals surface area (Å²) in [6, 6.07) is 10.3. The van der Waals surface area contributed by atoms with Crippen LogP contribution < -0.4 is 5.56 Å². The second kappa shape index (κ2) is 8.73. The third-order valence-electron chi connectivity index (χ3n) is 4.29. The topological polar surface area (TPSA) is 47.8 Å². The van der Waals surface area contributed by atoms with Crippen LogP contribution in [0.2, 0.25) is 0 Å². The number of aryl methyl sites for hydroxylation is 2. The molecule has 4 nitrogen and oxygen atoms in total. The van der Waals surface area contributed by atoms with Gasteiger partial charge in [0, 0.05) is 6.54 Å². The van der Waals surface area contributed by atoms with Crippen molar-refractivity contribution in [2.75, 3.05) is 0 Å². The van der Waals surface area contributed by atoms with E-state index in [-0.39, 0.29) is 5.56 Å². The second-order valence-electron chi connectivity index (χ2n) is 6.46. The molecule has 0 amide bonds. The number of fused-ring (bicyclic) bond motifs is 1. The van der Waals surface area contributed by atoms with Gasteiger partial charge in [-0.15, -0.1) is 0 Å². The zero-order valence-electron chi connectivity index (χ0n) is 15.7. The molecule has 2 aromatic heterocycles. The molecule has 0 aliphatic carbocycles. The molecule has 0 aliphatic rings. The maximum Gasteiger partial charge on any atom is 0.272 e. The zero-order valence-corrected chi connectivity index (χ0v) is 16.5. The molecule has 0 unspecified atom stereocenters. The van der Waals surface area contributed by atoms with Crippen LogP contribution in [0.1, 0.15) is 31.5 Å². The van der Waals surface area contributed by atoms with E-state index in [1.54, 1.807) is 10.9 Å². The Kier molecular flexibility index (Phi) is 6.14. The van der Waals surface area contributed by atoms with Gasteiger partial charge in [0.1, 0.15) is 15.9 Å². The van der Waals surface area contributed by atoms with Crippen molar-refractivity contribution in [2.45, 2.75) is 33.2 Å². The van der Waals surface area contributed by atoms with Crippen molar-refractivity contribution in [3.63, 3.8) is 0 Å². The molecule has 0 spiro atoms. The van der Waals surface area contributed by atoms with Gasteiger partial charge in [-0.25, -0.2) is 4.98 Å². The zero-order chi connectivity index (χ0) is 19.2. The standard InChI is InChI=1S/C22H23N3OS/c1-4-18(13-12-16(2)3)19-20-21(27-24-19)22(26)25(15-23-20)14-8-11-17-9-6-5-7-10-17/h4-7,9-10,12-13,15H,2,8,11,14H2,1,3H3/b13-12-,18-4+. The van der Waals surface area contributed by atoms with Gasteiger partial charge in [0.2, 0.25) is 0 Å². The molecule has 0 aliphatic heterocycles. The summed E-state index contributed by atoms with van der Waals surface area (Å²) in [5.74, 6) is 0. The highest BCUT2D eigenvalue weighted by Crippen LogP contribution is 2.25. The molecule has 27 heavy (non-hydrogen) atoms. The van der Waals surface area contributed by atoms with Crippen molar-refractivity contribution in [1.29, 1.82) is 0 Å². The van der Waals surface area contributed by atoms with E-state index in [1.165, 1.54) is 17.1 Å². The SMILES string of the molecule is C=C(C)/C=C\C(=C/C)c1nsc2c(=O)n(CCCc3ccccc3)cnc12. The van der Waals surface area contributed by atoms with E-state index in [9.17, 15) is 4.79 Å². The Morgan fingerprint density at radius 2 is 2.04 bits per heavy atom. The Bertz CT molecular complexity index is 1060. The number of hydrogen-bond acceptors (Lipinski definition) is 4. The average Bonchev–Trinajstić information content (AvgIpc) is 3.10.